The van der Waals surface area contributed by atoms with Gasteiger partial charge in [0.05, 0.1) is 0 Å². The monoisotopic (exact) mass is 223 g/mol. The molecule has 0 aromatic carbocycles. The van der Waals surface area contributed by atoms with E-state index in [0.717, 1.165) is 22.8 Å². The van der Waals surface area contributed by atoms with Crippen LogP contribution >= 0.6 is 11.3 Å². The Bertz CT molecular complexity index is 433. The van der Waals surface area contributed by atoms with Crippen LogP contribution in [0.25, 0.3) is 4.96 Å². The molecule has 0 spiro atoms. The molecule has 1 aliphatic carbocycles. The van der Waals surface area contributed by atoms with Crippen LogP contribution in [0.15, 0.2) is 6.33 Å². The molecular formula is C9H13N5S. The standard InChI is InChI=1S/C9H13N5S/c10-7-3-1-2-6(4-7)8-13-14-5-11-12-9(14)15-8/h5-7H,1-4,10H2. The first-order chi connectivity index (χ1) is 7.33. The molecule has 0 saturated heterocycles. The van der Waals surface area contributed by atoms with Gasteiger partial charge in [0.2, 0.25) is 4.96 Å². The highest BCUT2D eigenvalue weighted by Gasteiger charge is 2.24. The quantitative estimate of drug-likeness (QED) is 0.788. The molecule has 2 heterocycles. The van der Waals surface area contributed by atoms with E-state index in [2.05, 4.69) is 15.3 Å². The molecule has 5 nitrogen and oxygen atoms in total. The van der Waals surface area contributed by atoms with E-state index < -0.39 is 0 Å². The van der Waals surface area contributed by atoms with Crippen molar-refractivity contribution in [3.63, 3.8) is 0 Å². The molecule has 2 aromatic heterocycles. The summed E-state index contributed by atoms with van der Waals surface area (Å²) in [6.07, 6.45) is 6.28. The topological polar surface area (TPSA) is 69.1 Å². The van der Waals surface area contributed by atoms with Gasteiger partial charge >= 0.3 is 0 Å². The van der Waals surface area contributed by atoms with Crippen LogP contribution in [0.2, 0.25) is 0 Å². The average Bonchev–Trinajstić information content (AvgIpc) is 2.76. The predicted octanol–water partition coefficient (Wildman–Crippen LogP) is 1.17. The summed E-state index contributed by atoms with van der Waals surface area (Å²) < 4.78 is 1.75. The van der Waals surface area contributed by atoms with E-state index >= 15 is 0 Å². The van der Waals surface area contributed by atoms with Crippen LogP contribution in [-0.2, 0) is 0 Å². The minimum Gasteiger partial charge on any atom is -0.328 e. The highest BCUT2D eigenvalue weighted by Crippen LogP contribution is 2.33. The molecule has 6 heteroatoms. The largest absolute Gasteiger partial charge is 0.328 e. The fraction of sp³-hybridized carbons (Fsp3) is 0.667. The first kappa shape index (κ1) is 9.23. The van der Waals surface area contributed by atoms with Gasteiger partial charge in [-0.3, -0.25) is 0 Å². The Hall–Kier alpha value is -1.01. The third kappa shape index (κ3) is 1.63. The zero-order chi connectivity index (χ0) is 10.3. The normalized spacial score (nSPS) is 27.3. The predicted molar refractivity (Wildman–Crippen MR) is 57.8 cm³/mol. The first-order valence-electron chi connectivity index (χ1n) is 5.25. The number of hydrogen-bond acceptors (Lipinski definition) is 5. The van der Waals surface area contributed by atoms with Crippen molar-refractivity contribution in [1.29, 1.82) is 0 Å². The summed E-state index contributed by atoms with van der Waals surface area (Å²) in [5.41, 5.74) is 5.97. The zero-order valence-corrected chi connectivity index (χ0v) is 9.15. The van der Waals surface area contributed by atoms with Gasteiger partial charge in [-0.2, -0.15) is 9.61 Å². The molecule has 3 rings (SSSR count). The minimum atomic E-state index is 0.345. The van der Waals surface area contributed by atoms with Gasteiger partial charge in [-0.1, -0.05) is 17.8 Å². The van der Waals surface area contributed by atoms with Gasteiger partial charge in [-0.25, -0.2) is 0 Å². The number of nitrogens with zero attached hydrogens (tertiary/aromatic N) is 4. The molecule has 15 heavy (non-hydrogen) atoms. The maximum Gasteiger partial charge on any atom is 0.234 e. The summed E-state index contributed by atoms with van der Waals surface area (Å²) in [5.74, 6) is 0.528. The van der Waals surface area contributed by atoms with E-state index in [4.69, 9.17) is 5.73 Å². The van der Waals surface area contributed by atoms with Crippen molar-refractivity contribution in [3.8, 4) is 0 Å². The van der Waals surface area contributed by atoms with Crippen molar-refractivity contribution in [1.82, 2.24) is 19.8 Å². The van der Waals surface area contributed by atoms with Gasteiger partial charge in [0, 0.05) is 12.0 Å². The van der Waals surface area contributed by atoms with Crippen molar-refractivity contribution in [2.75, 3.05) is 0 Å². The molecule has 0 bridgehead atoms. The molecule has 80 valence electrons. The number of fused-ring (bicyclic) bond motifs is 1. The van der Waals surface area contributed by atoms with E-state index in [9.17, 15) is 0 Å². The summed E-state index contributed by atoms with van der Waals surface area (Å²) in [5, 5.41) is 13.4. The molecule has 1 fully saturated rings. The van der Waals surface area contributed by atoms with Crippen molar-refractivity contribution in [2.45, 2.75) is 37.6 Å². The fourth-order valence-electron chi connectivity index (χ4n) is 2.19. The summed E-state index contributed by atoms with van der Waals surface area (Å²) in [6.45, 7) is 0. The van der Waals surface area contributed by atoms with Crippen LogP contribution in [-0.4, -0.2) is 25.9 Å². The Kier molecular flexibility index (Phi) is 2.17. The second-order valence-electron chi connectivity index (χ2n) is 4.12. The summed E-state index contributed by atoms with van der Waals surface area (Å²) in [4.78, 5) is 0.879. The van der Waals surface area contributed by atoms with Crippen molar-refractivity contribution < 1.29 is 0 Å². The Labute approximate surface area is 91.3 Å². The minimum absolute atomic E-state index is 0.345. The van der Waals surface area contributed by atoms with E-state index in [1.807, 2.05) is 0 Å². The van der Waals surface area contributed by atoms with E-state index in [0.29, 0.717) is 12.0 Å². The lowest BCUT2D eigenvalue weighted by atomic mass is 9.87. The van der Waals surface area contributed by atoms with Crippen molar-refractivity contribution in [3.05, 3.63) is 11.3 Å². The van der Waals surface area contributed by atoms with Crippen molar-refractivity contribution in [2.24, 2.45) is 5.73 Å². The Morgan fingerprint density at radius 2 is 2.40 bits per heavy atom. The Morgan fingerprint density at radius 3 is 3.20 bits per heavy atom. The van der Waals surface area contributed by atoms with E-state index in [1.165, 1.54) is 12.8 Å². The van der Waals surface area contributed by atoms with E-state index in [1.54, 1.807) is 22.2 Å². The number of hydrogen-bond donors (Lipinski definition) is 1. The van der Waals surface area contributed by atoms with Crippen LogP contribution in [0.3, 0.4) is 0 Å². The molecule has 2 N–H and O–H groups in total. The summed E-state index contributed by atoms with van der Waals surface area (Å²) in [6, 6.07) is 0.345. The van der Waals surface area contributed by atoms with Crippen LogP contribution in [0.4, 0.5) is 0 Å². The van der Waals surface area contributed by atoms with Gasteiger partial charge in [-0.15, -0.1) is 10.2 Å². The van der Waals surface area contributed by atoms with Crippen LogP contribution in [0.1, 0.15) is 36.6 Å². The van der Waals surface area contributed by atoms with Crippen LogP contribution in [0.5, 0.6) is 0 Å². The maximum absolute atomic E-state index is 5.97. The van der Waals surface area contributed by atoms with Crippen molar-refractivity contribution >= 4 is 16.3 Å². The lowest BCUT2D eigenvalue weighted by Crippen LogP contribution is -2.26. The van der Waals surface area contributed by atoms with Gasteiger partial charge in [-0.05, 0) is 19.3 Å². The number of rotatable bonds is 1. The summed E-state index contributed by atoms with van der Waals surface area (Å²) in [7, 11) is 0. The molecular weight excluding hydrogens is 210 g/mol. The van der Waals surface area contributed by atoms with Gasteiger partial charge in [0.25, 0.3) is 0 Å². The van der Waals surface area contributed by atoms with Gasteiger partial charge in [0.15, 0.2) is 0 Å². The van der Waals surface area contributed by atoms with Crippen LogP contribution in [0, 0.1) is 0 Å². The van der Waals surface area contributed by atoms with Gasteiger partial charge < -0.3 is 5.73 Å². The Balaban J connectivity index is 1.89. The average molecular weight is 223 g/mol. The Morgan fingerprint density at radius 1 is 1.47 bits per heavy atom. The molecule has 1 saturated carbocycles. The second kappa shape index (κ2) is 3.53. The molecule has 1 aliphatic rings. The third-order valence-electron chi connectivity index (χ3n) is 2.97. The van der Waals surface area contributed by atoms with Gasteiger partial charge in [0.1, 0.15) is 11.3 Å². The first-order valence-corrected chi connectivity index (χ1v) is 6.07. The number of aromatic nitrogens is 4. The van der Waals surface area contributed by atoms with Crippen LogP contribution < -0.4 is 5.73 Å². The molecule has 2 unspecified atom stereocenters. The third-order valence-corrected chi connectivity index (χ3v) is 4.04. The lowest BCUT2D eigenvalue weighted by molar-refractivity contribution is 0.390. The number of nitrogens with two attached hydrogens (primary N) is 1. The maximum atomic E-state index is 5.97. The SMILES string of the molecule is NC1CCCC(c2nn3cnnc3s2)C1. The molecule has 0 radical (unpaired) electrons. The molecule has 0 aliphatic heterocycles. The molecule has 2 atom stereocenters. The molecule has 2 aromatic rings. The van der Waals surface area contributed by atoms with E-state index in [-0.39, 0.29) is 0 Å². The molecule has 0 amide bonds. The lowest BCUT2D eigenvalue weighted by Gasteiger charge is -2.24. The second-order valence-corrected chi connectivity index (χ2v) is 5.11. The zero-order valence-electron chi connectivity index (χ0n) is 8.33. The fourth-order valence-corrected chi connectivity index (χ4v) is 3.16. The highest BCUT2D eigenvalue weighted by molar-refractivity contribution is 7.16. The summed E-state index contributed by atoms with van der Waals surface area (Å²) >= 11 is 1.64. The smallest absolute Gasteiger partial charge is 0.234 e. The highest BCUT2D eigenvalue weighted by atomic mass is 32.1.